The van der Waals surface area contributed by atoms with E-state index in [0.29, 0.717) is 22.5 Å². The molecule has 2 aromatic heterocycles. The topological polar surface area (TPSA) is 90.1 Å². The normalized spacial score (nSPS) is 14.9. The van der Waals surface area contributed by atoms with Crippen LogP contribution in [0.25, 0.3) is 22.4 Å². The largest absolute Gasteiger partial charge is 0.467 e. The molecule has 0 radical (unpaired) electrons. The molecule has 1 saturated carbocycles. The Morgan fingerprint density at radius 2 is 2.11 bits per heavy atom. The zero-order valence-electron chi connectivity index (χ0n) is 15.6. The van der Waals surface area contributed by atoms with E-state index in [1.165, 1.54) is 18.6 Å². The monoisotopic (exact) mass is 384 g/mol. The van der Waals surface area contributed by atoms with Crippen molar-refractivity contribution in [2.24, 2.45) is 0 Å². The molecule has 3 aromatic rings. The smallest absolute Gasteiger partial charge is 0.265 e. The predicted octanol–water partition coefficient (Wildman–Crippen LogP) is 3.56. The van der Waals surface area contributed by atoms with Gasteiger partial charge in [0, 0.05) is 11.6 Å². The third-order valence-corrected chi connectivity index (χ3v) is 4.82. The number of aryl methyl sites for hydroxylation is 1. The van der Waals surface area contributed by atoms with Gasteiger partial charge in [0.05, 0.1) is 0 Å². The van der Waals surface area contributed by atoms with E-state index in [9.17, 15) is 9.18 Å². The van der Waals surface area contributed by atoms with Gasteiger partial charge in [-0.15, -0.1) is 0 Å². The fraction of sp³-hybridized carbons (Fsp3) is 0.400. The highest BCUT2D eigenvalue weighted by Crippen LogP contribution is 2.33. The van der Waals surface area contributed by atoms with Crippen LogP contribution in [-0.4, -0.2) is 33.7 Å². The highest BCUT2D eigenvalue weighted by Gasteiger charge is 2.21. The Hall–Kier alpha value is -3.03. The fourth-order valence-corrected chi connectivity index (χ4v) is 3.51. The summed E-state index contributed by atoms with van der Waals surface area (Å²) in [6, 6.07) is 6.18. The molecule has 0 atom stereocenters. The molecule has 28 heavy (non-hydrogen) atoms. The second-order valence-electron chi connectivity index (χ2n) is 6.99. The van der Waals surface area contributed by atoms with E-state index in [0.717, 1.165) is 25.7 Å². The molecule has 1 fully saturated rings. The number of carbonyl (C=O) groups is 1. The lowest BCUT2D eigenvalue weighted by Crippen LogP contribution is -2.39. The van der Waals surface area contributed by atoms with Gasteiger partial charge in [-0.1, -0.05) is 36.6 Å². The summed E-state index contributed by atoms with van der Waals surface area (Å²) in [6.07, 6.45) is 5.48. The van der Waals surface area contributed by atoms with E-state index in [4.69, 9.17) is 9.26 Å². The zero-order valence-corrected chi connectivity index (χ0v) is 15.6. The van der Waals surface area contributed by atoms with Gasteiger partial charge in [0.15, 0.2) is 6.61 Å². The third-order valence-electron chi connectivity index (χ3n) is 4.82. The molecule has 0 bridgehead atoms. The quantitative estimate of drug-likeness (QED) is 0.723. The van der Waals surface area contributed by atoms with Crippen molar-refractivity contribution in [2.75, 3.05) is 6.61 Å². The van der Waals surface area contributed by atoms with Crippen molar-refractivity contribution in [1.82, 2.24) is 20.4 Å². The molecular formula is C20H21FN4O3. The minimum Gasteiger partial charge on any atom is -0.467 e. The number of halogens is 1. The second-order valence-corrected chi connectivity index (χ2v) is 6.99. The number of nitrogens with zero attached hydrogens (tertiary/aromatic N) is 3. The van der Waals surface area contributed by atoms with Crippen molar-refractivity contribution < 1.29 is 18.4 Å². The molecule has 1 aromatic carbocycles. The Labute approximate surface area is 161 Å². The van der Waals surface area contributed by atoms with Crippen LogP contribution in [0.5, 0.6) is 5.88 Å². The number of carbonyl (C=O) groups excluding carboxylic acids is 1. The Kier molecular flexibility index (Phi) is 5.18. The van der Waals surface area contributed by atoms with Crippen molar-refractivity contribution in [1.29, 1.82) is 0 Å². The fourth-order valence-electron chi connectivity index (χ4n) is 3.51. The maximum atomic E-state index is 13.6. The molecule has 7 nitrogen and oxygen atoms in total. The van der Waals surface area contributed by atoms with Crippen LogP contribution in [0, 0.1) is 12.7 Å². The summed E-state index contributed by atoms with van der Waals surface area (Å²) >= 11 is 0. The Morgan fingerprint density at radius 3 is 2.89 bits per heavy atom. The molecule has 1 aliphatic carbocycles. The van der Waals surface area contributed by atoms with E-state index < -0.39 is 5.82 Å². The minimum absolute atomic E-state index is 0.171. The van der Waals surface area contributed by atoms with Crippen molar-refractivity contribution >= 4 is 17.0 Å². The molecule has 1 amide bonds. The lowest BCUT2D eigenvalue weighted by molar-refractivity contribution is -0.124. The molecule has 4 rings (SSSR count). The van der Waals surface area contributed by atoms with Gasteiger partial charge in [0.25, 0.3) is 11.6 Å². The molecule has 1 aliphatic rings. The second kappa shape index (κ2) is 7.92. The number of benzene rings is 1. The number of aromatic nitrogens is 3. The number of hydrogen-bond donors (Lipinski definition) is 1. The zero-order chi connectivity index (χ0) is 19.5. The van der Waals surface area contributed by atoms with E-state index in [2.05, 4.69) is 20.4 Å². The molecular weight excluding hydrogens is 363 g/mol. The molecule has 2 heterocycles. The molecule has 0 aliphatic heterocycles. The first-order chi connectivity index (χ1) is 13.6. The SMILES string of the molecule is Cc1nc(OCC(=O)NC2CCCCC2)c2c(-c3cccc(F)c3)noc2n1. The van der Waals surface area contributed by atoms with Gasteiger partial charge in [0.2, 0.25) is 5.88 Å². The van der Waals surface area contributed by atoms with Crippen LogP contribution in [0.15, 0.2) is 28.8 Å². The van der Waals surface area contributed by atoms with Crippen LogP contribution in [0.3, 0.4) is 0 Å². The number of hydrogen-bond acceptors (Lipinski definition) is 6. The summed E-state index contributed by atoms with van der Waals surface area (Å²) < 4.78 is 24.6. The van der Waals surface area contributed by atoms with Gasteiger partial charge in [-0.05, 0) is 31.9 Å². The first-order valence-corrected chi connectivity index (χ1v) is 9.42. The number of amides is 1. The summed E-state index contributed by atoms with van der Waals surface area (Å²) in [5.74, 6) is 0.0371. The average Bonchev–Trinajstić information content (AvgIpc) is 3.11. The van der Waals surface area contributed by atoms with Gasteiger partial charge in [-0.3, -0.25) is 4.79 Å². The van der Waals surface area contributed by atoms with E-state index >= 15 is 0 Å². The summed E-state index contributed by atoms with van der Waals surface area (Å²) in [7, 11) is 0. The molecule has 146 valence electrons. The van der Waals surface area contributed by atoms with Crippen molar-refractivity contribution in [2.45, 2.75) is 45.1 Å². The first-order valence-electron chi connectivity index (χ1n) is 9.42. The predicted molar refractivity (Wildman–Crippen MR) is 100 cm³/mol. The Balaban J connectivity index is 1.57. The summed E-state index contributed by atoms with van der Waals surface area (Å²) in [5, 5.41) is 7.43. The van der Waals surface area contributed by atoms with Crippen LogP contribution in [0.2, 0.25) is 0 Å². The van der Waals surface area contributed by atoms with E-state index in [1.54, 1.807) is 19.1 Å². The minimum atomic E-state index is -0.393. The van der Waals surface area contributed by atoms with Crippen molar-refractivity contribution in [3.63, 3.8) is 0 Å². The molecule has 1 N–H and O–H groups in total. The summed E-state index contributed by atoms with van der Waals surface area (Å²) in [4.78, 5) is 20.8. The number of ether oxygens (including phenoxy) is 1. The molecule has 0 saturated heterocycles. The molecule has 8 heteroatoms. The lowest BCUT2D eigenvalue weighted by atomic mass is 9.95. The maximum Gasteiger partial charge on any atom is 0.265 e. The van der Waals surface area contributed by atoms with Gasteiger partial charge in [0.1, 0.15) is 22.7 Å². The van der Waals surface area contributed by atoms with Crippen LogP contribution < -0.4 is 10.1 Å². The van der Waals surface area contributed by atoms with Gasteiger partial charge < -0.3 is 14.6 Å². The van der Waals surface area contributed by atoms with Crippen LogP contribution >= 0.6 is 0 Å². The van der Waals surface area contributed by atoms with Crippen molar-refractivity contribution in [3.8, 4) is 17.1 Å². The number of rotatable bonds is 5. The first kappa shape index (κ1) is 18.3. The third kappa shape index (κ3) is 3.95. The highest BCUT2D eigenvalue weighted by atomic mass is 19.1. The highest BCUT2D eigenvalue weighted by molar-refractivity contribution is 5.93. The van der Waals surface area contributed by atoms with Crippen LogP contribution in [0.1, 0.15) is 37.9 Å². The standard InChI is InChI=1S/C20H21FN4O3/c1-12-22-19(27-11-16(26)24-15-8-3-2-4-9-15)17-18(25-28-20(17)23-12)13-6-5-7-14(21)10-13/h5-7,10,15H,2-4,8-9,11H2,1H3,(H,24,26). The number of nitrogens with one attached hydrogen (secondary N) is 1. The Bertz CT molecular complexity index is 998. The summed E-state index contributed by atoms with van der Waals surface area (Å²) in [6.45, 7) is 1.52. The van der Waals surface area contributed by atoms with E-state index in [1.807, 2.05) is 0 Å². The van der Waals surface area contributed by atoms with Crippen LogP contribution in [-0.2, 0) is 4.79 Å². The van der Waals surface area contributed by atoms with Crippen molar-refractivity contribution in [3.05, 3.63) is 35.9 Å². The number of fused-ring (bicyclic) bond motifs is 1. The maximum absolute atomic E-state index is 13.6. The lowest BCUT2D eigenvalue weighted by Gasteiger charge is -2.22. The summed E-state index contributed by atoms with van der Waals surface area (Å²) in [5.41, 5.74) is 1.12. The van der Waals surface area contributed by atoms with Gasteiger partial charge in [-0.2, -0.15) is 9.97 Å². The molecule has 0 unspecified atom stereocenters. The van der Waals surface area contributed by atoms with Gasteiger partial charge >= 0.3 is 0 Å². The van der Waals surface area contributed by atoms with E-state index in [-0.39, 0.29) is 30.1 Å². The average molecular weight is 384 g/mol. The van der Waals surface area contributed by atoms with Gasteiger partial charge in [-0.25, -0.2) is 4.39 Å². The molecule has 0 spiro atoms. The Morgan fingerprint density at radius 1 is 1.29 bits per heavy atom. The van der Waals surface area contributed by atoms with Crippen LogP contribution in [0.4, 0.5) is 4.39 Å².